The minimum absolute atomic E-state index is 0.179. The predicted molar refractivity (Wildman–Crippen MR) is 44.6 cm³/mol. The van der Waals surface area contributed by atoms with Crippen molar-refractivity contribution >= 4 is 5.82 Å². The third kappa shape index (κ3) is 2.78. The first-order valence-electron chi connectivity index (χ1n) is 4.12. The molecule has 0 aliphatic carbocycles. The Morgan fingerprint density at radius 3 is 2.00 bits per heavy atom. The highest BCUT2D eigenvalue weighted by Crippen LogP contribution is 2.38. The first kappa shape index (κ1) is 13.6. The van der Waals surface area contributed by atoms with Crippen LogP contribution in [-0.2, 0) is 19.0 Å². The number of alkyl halides is 6. The molecular formula is C8H6F6N2O. The molecule has 0 saturated heterocycles. The Morgan fingerprint density at radius 1 is 1.12 bits per heavy atom. The van der Waals surface area contributed by atoms with Gasteiger partial charge in [-0.25, -0.2) is 4.98 Å². The van der Waals surface area contributed by atoms with E-state index in [2.05, 4.69) is 4.98 Å². The van der Waals surface area contributed by atoms with Gasteiger partial charge in [-0.2, -0.15) is 26.3 Å². The second kappa shape index (κ2) is 4.06. The SMILES string of the molecule is Nc1nc(C(F)(F)F)cc(C(F)(F)F)c1CO. The van der Waals surface area contributed by atoms with E-state index in [1.54, 1.807) is 0 Å². The van der Waals surface area contributed by atoms with Crippen molar-refractivity contribution in [1.82, 2.24) is 4.98 Å². The van der Waals surface area contributed by atoms with Crippen molar-refractivity contribution in [3.8, 4) is 0 Å². The van der Waals surface area contributed by atoms with E-state index in [9.17, 15) is 26.3 Å². The summed E-state index contributed by atoms with van der Waals surface area (Å²) in [5, 5.41) is 8.66. The van der Waals surface area contributed by atoms with Gasteiger partial charge in [0.2, 0.25) is 0 Å². The molecule has 1 heterocycles. The summed E-state index contributed by atoms with van der Waals surface area (Å²) in [7, 11) is 0. The molecule has 17 heavy (non-hydrogen) atoms. The second-order valence-electron chi connectivity index (χ2n) is 3.07. The maximum absolute atomic E-state index is 12.4. The number of anilines is 1. The highest BCUT2D eigenvalue weighted by atomic mass is 19.4. The van der Waals surface area contributed by atoms with Gasteiger partial charge in [0.15, 0.2) is 0 Å². The van der Waals surface area contributed by atoms with Crippen molar-refractivity contribution in [3.63, 3.8) is 0 Å². The molecule has 3 nitrogen and oxygen atoms in total. The van der Waals surface area contributed by atoms with Crippen LogP contribution in [0.4, 0.5) is 32.2 Å². The molecule has 1 rings (SSSR count). The van der Waals surface area contributed by atoms with E-state index in [4.69, 9.17) is 10.8 Å². The molecule has 0 radical (unpaired) electrons. The summed E-state index contributed by atoms with van der Waals surface area (Å²) >= 11 is 0. The molecule has 0 aromatic carbocycles. The van der Waals surface area contributed by atoms with Crippen LogP contribution in [0.3, 0.4) is 0 Å². The molecule has 1 aromatic rings. The quantitative estimate of drug-likeness (QED) is 0.761. The largest absolute Gasteiger partial charge is 0.433 e. The van der Waals surface area contributed by atoms with Gasteiger partial charge >= 0.3 is 12.4 Å². The van der Waals surface area contributed by atoms with Gasteiger partial charge < -0.3 is 10.8 Å². The topological polar surface area (TPSA) is 59.1 Å². The third-order valence-corrected chi connectivity index (χ3v) is 1.91. The van der Waals surface area contributed by atoms with Crippen LogP contribution < -0.4 is 5.73 Å². The maximum Gasteiger partial charge on any atom is 0.433 e. The minimum Gasteiger partial charge on any atom is -0.392 e. The number of nitrogens with zero attached hydrogens (tertiary/aromatic N) is 1. The molecule has 96 valence electrons. The standard InChI is InChI=1S/C8H6F6N2O/c9-7(10,11)4-1-5(8(12,13)14)16-6(15)3(4)2-17/h1,17H,2H2,(H2,15,16). The highest BCUT2D eigenvalue weighted by molar-refractivity contribution is 5.47. The average Bonchev–Trinajstić information content (AvgIpc) is 2.13. The summed E-state index contributed by atoms with van der Waals surface area (Å²) in [6.07, 6.45) is -10.1. The van der Waals surface area contributed by atoms with Gasteiger partial charge in [0.25, 0.3) is 0 Å². The van der Waals surface area contributed by atoms with Crippen LogP contribution in [0.15, 0.2) is 6.07 Å². The maximum atomic E-state index is 12.4. The number of aromatic nitrogens is 1. The molecule has 0 aliphatic heterocycles. The molecule has 0 spiro atoms. The fraction of sp³-hybridized carbons (Fsp3) is 0.375. The summed E-state index contributed by atoms with van der Waals surface area (Å²) in [6, 6.07) is -0.179. The molecule has 0 saturated carbocycles. The van der Waals surface area contributed by atoms with Gasteiger partial charge in [0.05, 0.1) is 12.2 Å². The fourth-order valence-electron chi connectivity index (χ4n) is 1.16. The fourth-order valence-corrected chi connectivity index (χ4v) is 1.16. The molecule has 0 fully saturated rings. The Bertz CT molecular complexity index is 425. The number of hydrogen-bond acceptors (Lipinski definition) is 3. The lowest BCUT2D eigenvalue weighted by atomic mass is 10.1. The number of rotatable bonds is 1. The van der Waals surface area contributed by atoms with Crippen LogP contribution in [0.25, 0.3) is 0 Å². The number of aliphatic hydroxyl groups excluding tert-OH is 1. The molecule has 0 amide bonds. The van der Waals surface area contributed by atoms with Gasteiger partial charge in [-0.05, 0) is 6.07 Å². The van der Waals surface area contributed by atoms with Crippen LogP contribution in [0, 0.1) is 0 Å². The van der Waals surface area contributed by atoms with Crippen LogP contribution in [0.1, 0.15) is 16.8 Å². The Morgan fingerprint density at radius 2 is 1.65 bits per heavy atom. The van der Waals surface area contributed by atoms with E-state index in [1.807, 2.05) is 0 Å². The Kier molecular flexibility index (Phi) is 3.24. The van der Waals surface area contributed by atoms with Gasteiger partial charge in [-0.1, -0.05) is 0 Å². The van der Waals surface area contributed by atoms with Gasteiger partial charge in [-0.3, -0.25) is 0 Å². The van der Waals surface area contributed by atoms with E-state index in [0.717, 1.165) is 0 Å². The van der Waals surface area contributed by atoms with Crippen molar-refractivity contribution in [2.75, 3.05) is 5.73 Å². The van der Waals surface area contributed by atoms with E-state index in [0.29, 0.717) is 0 Å². The molecule has 0 bridgehead atoms. The lowest BCUT2D eigenvalue weighted by molar-refractivity contribution is -0.146. The Balaban J connectivity index is 3.51. The lowest BCUT2D eigenvalue weighted by Crippen LogP contribution is -2.18. The molecule has 0 unspecified atom stereocenters. The molecule has 9 heteroatoms. The molecule has 1 aromatic heterocycles. The van der Waals surface area contributed by atoms with Gasteiger partial charge in [0, 0.05) is 5.56 Å². The van der Waals surface area contributed by atoms with Crippen molar-refractivity contribution in [1.29, 1.82) is 0 Å². The van der Waals surface area contributed by atoms with Crippen LogP contribution >= 0.6 is 0 Å². The normalized spacial score (nSPS) is 12.9. The predicted octanol–water partition coefficient (Wildman–Crippen LogP) is 2.19. The molecule has 0 atom stereocenters. The van der Waals surface area contributed by atoms with E-state index < -0.39 is 41.6 Å². The van der Waals surface area contributed by atoms with Crippen LogP contribution in [0.2, 0.25) is 0 Å². The second-order valence-corrected chi connectivity index (χ2v) is 3.07. The Hall–Kier alpha value is -1.51. The zero-order chi connectivity index (χ0) is 13.4. The summed E-state index contributed by atoms with van der Waals surface area (Å²) in [5.74, 6) is -0.991. The van der Waals surface area contributed by atoms with Crippen LogP contribution in [-0.4, -0.2) is 10.1 Å². The summed E-state index contributed by atoms with van der Waals surface area (Å²) < 4.78 is 73.9. The minimum atomic E-state index is -5.05. The van der Waals surface area contributed by atoms with E-state index >= 15 is 0 Å². The first-order valence-corrected chi connectivity index (χ1v) is 4.12. The molecule has 3 N–H and O–H groups in total. The zero-order valence-electron chi connectivity index (χ0n) is 8.02. The number of hydrogen-bond donors (Lipinski definition) is 2. The summed E-state index contributed by atoms with van der Waals surface area (Å²) in [4.78, 5) is 2.78. The van der Waals surface area contributed by atoms with E-state index in [-0.39, 0.29) is 6.07 Å². The molecule has 0 aliphatic rings. The number of nitrogen functional groups attached to an aromatic ring is 1. The lowest BCUT2D eigenvalue weighted by Gasteiger charge is -2.15. The average molecular weight is 260 g/mol. The zero-order valence-corrected chi connectivity index (χ0v) is 8.02. The van der Waals surface area contributed by atoms with E-state index in [1.165, 1.54) is 0 Å². The number of pyridine rings is 1. The van der Waals surface area contributed by atoms with Gasteiger partial charge in [-0.15, -0.1) is 0 Å². The summed E-state index contributed by atoms with van der Waals surface area (Å²) in [5.41, 5.74) is 0.696. The van der Waals surface area contributed by atoms with Crippen molar-refractivity contribution in [3.05, 3.63) is 22.9 Å². The smallest absolute Gasteiger partial charge is 0.392 e. The molecular weight excluding hydrogens is 254 g/mol. The number of nitrogens with two attached hydrogens (primary N) is 1. The third-order valence-electron chi connectivity index (χ3n) is 1.91. The van der Waals surface area contributed by atoms with Crippen molar-refractivity contribution in [2.45, 2.75) is 19.0 Å². The van der Waals surface area contributed by atoms with Crippen molar-refractivity contribution < 1.29 is 31.4 Å². The highest BCUT2D eigenvalue weighted by Gasteiger charge is 2.40. The number of aliphatic hydroxyl groups is 1. The monoisotopic (exact) mass is 260 g/mol. The first-order chi connectivity index (χ1) is 7.57. The Labute approximate surface area is 90.9 Å². The van der Waals surface area contributed by atoms with Crippen molar-refractivity contribution in [2.24, 2.45) is 0 Å². The van der Waals surface area contributed by atoms with Crippen LogP contribution in [0.5, 0.6) is 0 Å². The van der Waals surface area contributed by atoms with Gasteiger partial charge in [0.1, 0.15) is 11.5 Å². The number of halogens is 6. The summed E-state index contributed by atoms with van der Waals surface area (Å²) in [6.45, 7) is -1.15.